The fourth-order valence-electron chi connectivity index (χ4n) is 3.12. The van der Waals surface area contributed by atoms with Gasteiger partial charge < -0.3 is 4.90 Å². The molecule has 1 aliphatic rings. The maximum absolute atomic E-state index is 12.4. The zero-order chi connectivity index (χ0) is 17.9. The summed E-state index contributed by atoms with van der Waals surface area (Å²) in [6, 6.07) is 14.5. The van der Waals surface area contributed by atoms with E-state index in [2.05, 4.69) is 4.72 Å². The number of fused-ring (bicyclic) bond motifs is 1. The molecule has 1 heterocycles. The molecule has 0 spiro atoms. The second-order valence-electron chi connectivity index (χ2n) is 6.19. The van der Waals surface area contributed by atoms with Gasteiger partial charge in [0.05, 0.1) is 5.75 Å². The number of anilines is 2. The molecule has 5 nitrogen and oxygen atoms in total. The first-order chi connectivity index (χ1) is 12.0. The van der Waals surface area contributed by atoms with Crippen LogP contribution in [0.5, 0.6) is 0 Å². The average molecular weight is 358 g/mol. The normalized spacial score (nSPS) is 14.0. The second-order valence-corrected chi connectivity index (χ2v) is 7.92. The van der Waals surface area contributed by atoms with Crippen molar-refractivity contribution < 1.29 is 13.2 Å². The third kappa shape index (κ3) is 4.20. The number of hydrogen-bond donors (Lipinski definition) is 1. The number of benzene rings is 2. The van der Waals surface area contributed by atoms with E-state index in [1.54, 1.807) is 23.1 Å². The highest BCUT2D eigenvalue weighted by molar-refractivity contribution is 7.91. The lowest BCUT2D eigenvalue weighted by molar-refractivity contribution is -0.118. The van der Waals surface area contributed by atoms with Gasteiger partial charge in [-0.05, 0) is 42.2 Å². The largest absolute Gasteiger partial charge is 0.312 e. The Bertz CT molecular complexity index is 863. The summed E-state index contributed by atoms with van der Waals surface area (Å²) < 4.78 is 27.4. The van der Waals surface area contributed by atoms with Crippen LogP contribution in [0.4, 0.5) is 11.4 Å². The summed E-state index contributed by atoms with van der Waals surface area (Å²) in [6.45, 7) is 2.57. The summed E-state index contributed by atoms with van der Waals surface area (Å²) in [7, 11) is -3.48. The van der Waals surface area contributed by atoms with Crippen LogP contribution in [0.25, 0.3) is 0 Å². The van der Waals surface area contributed by atoms with Crippen molar-refractivity contribution in [3.8, 4) is 0 Å². The lowest BCUT2D eigenvalue weighted by Gasteiger charge is -2.29. The van der Waals surface area contributed by atoms with Crippen LogP contribution in [0.15, 0.2) is 48.5 Å². The Hall–Kier alpha value is -2.34. The summed E-state index contributed by atoms with van der Waals surface area (Å²) in [4.78, 5) is 13.9. The fraction of sp³-hybridized carbons (Fsp3) is 0.316. The Morgan fingerprint density at radius 3 is 2.64 bits per heavy atom. The van der Waals surface area contributed by atoms with Crippen LogP contribution in [0, 0.1) is 0 Å². The van der Waals surface area contributed by atoms with Crippen molar-refractivity contribution in [1.82, 2.24) is 0 Å². The molecule has 6 heteroatoms. The minimum Gasteiger partial charge on any atom is -0.312 e. The molecule has 0 unspecified atom stereocenters. The number of amides is 1. The van der Waals surface area contributed by atoms with Gasteiger partial charge in [0.1, 0.15) is 0 Å². The molecule has 1 amide bonds. The monoisotopic (exact) mass is 358 g/mol. The molecule has 3 rings (SSSR count). The van der Waals surface area contributed by atoms with E-state index in [-0.39, 0.29) is 11.7 Å². The molecule has 0 aromatic heterocycles. The van der Waals surface area contributed by atoms with Crippen molar-refractivity contribution in [2.24, 2.45) is 0 Å². The SMILES string of the molecule is CCC(=O)N1CCCc2cc(NS(=O)(=O)Cc3ccccc3)ccc21. The number of sulfonamides is 1. The van der Waals surface area contributed by atoms with Gasteiger partial charge in [-0.15, -0.1) is 0 Å². The molecule has 1 aliphatic heterocycles. The van der Waals surface area contributed by atoms with E-state index in [4.69, 9.17) is 0 Å². The number of nitrogens with one attached hydrogen (secondary N) is 1. The molecule has 0 fully saturated rings. The van der Waals surface area contributed by atoms with Crippen LogP contribution in [-0.2, 0) is 27.0 Å². The maximum Gasteiger partial charge on any atom is 0.236 e. The Labute approximate surface area is 148 Å². The highest BCUT2D eigenvalue weighted by Crippen LogP contribution is 2.30. The van der Waals surface area contributed by atoms with Gasteiger partial charge in [0, 0.05) is 24.3 Å². The van der Waals surface area contributed by atoms with Crippen LogP contribution in [0.1, 0.15) is 30.9 Å². The van der Waals surface area contributed by atoms with Crippen LogP contribution in [0.2, 0.25) is 0 Å². The Balaban J connectivity index is 1.79. The summed E-state index contributed by atoms with van der Waals surface area (Å²) in [5.74, 6) is 0.0316. The molecular formula is C19H22N2O3S. The van der Waals surface area contributed by atoms with E-state index < -0.39 is 10.0 Å². The lowest BCUT2D eigenvalue weighted by atomic mass is 10.0. The number of nitrogens with zero attached hydrogens (tertiary/aromatic N) is 1. The fourth-order valence-corrected chi connectivity index (χ4v) is 4.31. The summed E-state index contributed by atoms with van der Waals surface area (Å²) in [5.41, 5.74) is 3.19. The highest BCUT2D eigenvalue weighted by Gasteiger charge is 2.22. The van der Waals surface area contributed by atoms with Gasteiger partial charge in [0.15, 0.2) is 0 Å². The first-order valence-electron chi connectivity index (χ1n) is 8.46. The van der Waals surface area contributed by atoms with E-state index >= 15 is 0 Å². The van der Waals surface area contributed by atoms with E-state index in [1.807, 2.05) is 37.3 Å². The molecule has 1 N–H and O–H groups in total. The van der Waals surface area contributed by atoms with Crippen molar-refractivity contribution >= 4 is 27.3 Å². The summed E-state index contributed by atoms with van der Waals surface area (Å²) in [5, 5.41) is 0. The molecule has 0 radical (unpaired) electrons. The molecule has 132 valence electrons. The molecule has 0 aliphatic carbocycles. The molecule has 25 heavy (non-hydrogen) atoms. The first-order valence-corrected chi connectivity index (χ1v) is 10.1. The Morgan fingerprint density at radius 1 is 1.16 bits per heavy atom. The van der Waals surface area contributed by atoms with E-state index in [0.29, 0.717) is 12.1 Å². The van der Waals surface area contributed by atoms with Gasteiger partial charge >= 0.3 is 0 Å². The van der Waals surface area contributed by atoms with Crippen LogP contribution >= 0.6 is 0 Å². The molecule has 2 aromatic carbocycles. The van der Waals surface area contributed by atoms with Crippen molar-refractivity contribution in [3.05, 3.63) is 59.7 Å². The van der Waals surface area contributed by atoms with Crippen LogP contribution in [0.3, 0.4) is 0 Å². The molecule has 0 atom stereocenters. The minimum absolute atomic E-state index is 0.0641. The van der Waals surface area contributed by atoms with Crippen molar-refractivity contribution in [2.75, 3.05) is 16.2 Å². The minimum atomic E-state index is -3.48. The van der Waals surface area contributed by atoms with Gasteiger partial charge in [-0.1, -0.05) is 37.3 Å². The first kappa shape index (κ1) is 17.5. The van der Waals surface area contributed by atoms with E-state index in [0.717, 1.165) is 36.2 Å². The van der Waals surface area contributed by atoms with Gasteiger partial charge in [-0.25, -0.2) is 8.42 Å². The van der Waals surface area contributed by atoms with Gasteiger partial charge in [0.25, 0.3) is 0 Å². The van der Waals surface area contributed by atoms with E-state index in [1.165, 1.54) is 0 Å². The van der Waals surface area contributed by atoms with Crippen molar-refractivity contribution in [3.63, 3.8) is 0 Å². The Kier molecular flexibility index (Phi) is 5.08. The predicted octanol–water partition coefficient (Wildman–Crippen LogP) is 3.32. The number of carbonyl (C=O) groups excluding carboxylic acids is 1. The molecular weight excluding hydrogens is 336 g/mol. The summed E-state index contributed by atoms with van der Waals surface area (Å²) in [6.07, 6.45) is 2.20. The number of hydrogen-bond acceptors (Lipinski definition) is 3. The quantitative estimate of drug-likeness (QED) is 0.892. The second kappa shape index (κ2) is 7.27. The number of rotatable bonds is 5. The van der Waals surface area contributed by atoms with Gasteiger partial charge in [0.2, 0.25) is 15.9 Å². The predicted molar refractivity (Wildman–Crippen MR) is 100 cm³/mol. The maximum atomic E-state index is 12.4. The van der Waals surface area contributed by atoms with Gasteiger partial charge in [-0.3, -0.25) is 9.52 Å². The molecule has 2 aromatic rings. The zero-order valence-corrected chi connectivity index (χ0v) is 15.1. The van der Waals surface area contributed by atoms with E-state index in [9.17, 15) is 13.2 Å². The zero-order valence-electron chi connectivity index (χ0n) is 14.2. The van der Waals surface area contributed by atoms with Gasteiger partial charge in [-0.2, -0.15) is 0 Å². The average Bonchev–Trinajstić information content (AvgIpc) is 2.60. The number of carbonyl (C=O) groups is 1. The lowest BCUT2D eigenvalue weighted by Crippen LogP contribution is -2.34. The van der Waals surface area contributed by atoms with Crippen molar-refractivity contribution in [2.45, 2.75) is 31.9 Å². The third-order valence-corrected chi connectivity index (χ3v) is 5.53. The molecule has 0 saturated heterocycles. The molecule has 0 saturated carbocycles. The van der Waals surface area contributed by atoms with Crippen LogP contribution in [-0.4, -0.2) is 20.9 Å². The smallest absolute Gasteiger partial charge is 0.236 e. The standard InChI is InChI=1S/C19H22N2O3S/c1-2-19(22)21-12-6-9-16-13-17(10-11-18(16)21)20-25(23,24)14-15-7-4-3-5-8-15/h3-5,7-8,10-11,13,20H,2,6,9,12,14H2,1H3. The topological polar surface area (TPSA) is 66.5 Å². The highest BCUT2D eigenvalue weighted by atomic mass is 32.2. The Morgan fingerprint density at radius 2 is 1.92 bits per heavy atom. The van der Waals surface area contributed by atoms with Crippen molar-refractivity contribution in [1.29, 1.82) is 0 Å². The summed E-state index contributed by atoms with van der Waals surface area (Å²) >= 11 is 0. The van der Waals surface area contributed by atoms with Crippen LogP contribution < -0.4 is 9.62 Å². The molecule has 0 bridgehead atoms. The third-order valence-electron chi connectivity index (χ3n) is 4.27. The number of aryl methyl sites for hydroxylation is 1.